The van der Waals surface area contributed by atoms with Crippen molar-refractivity contribution in [3.63, 3.8) is 0 Å². The molecule has 0 aliphatic carbocycles. The predicted octanol–water partition coefficient (Wildman–Crippen LogP) is 5.76. The van der Waals surface area contributed by atoms with Crippen LogP contribution >= 0.6 is 0 Å². The van der Waals surface area contributed by atoms with Gasteiger partial charge in [0.25, 0.3) is 0 Å². The quantitative estimate of drug-likeness (QED) is 0.134. The molecule has 0 saturated heterocycles. The molecule has 3 nitrogen and oxygen atoms in total. The molecule has 0 aliphatic heterocycles. The van der Waals surface area contributed by atoms with Crippen LogP contribution in [0.15, 0.2) is 12.2 Å². The van der Waals surface area contributed by atoms with Crippen LogP contribution in [0.2, 0.25) is 0 Å². The molecule has 0 saturated carbocycles. The van der Waals surface area contributed by atoms with Gasteiger partial charge in [-0.1, -0.05) is 70.4 Å². The van der Waals surface area contributed by atoms with Crippen LogP contribution in [0.4, 0.5) is 0 Å². The zero-order chi connectivity index (χ0) is 18.6. The Bertz CT molecular complexity index is 279. The van der Waals surface area contributed by atoms with Gasteiger partial charge in [0.2, 0.25) is 0 Å². The SMILES string of the molecule is CCCCCCCC/C=C\CCCCCCCC[N+](CC)(CO)CO. The molecule has 0 heterocycles. The Morgan fingerprint density at radius 2 is 1.04 bits per heavy atom. The fraction of sp³-hybridized carbons (Fsp3) is 0.909. The maximum absolute atomic E-state index is 9.41. The molecule has 0 spiro atoms. The Labute approximate surface area is 157 Å². The summed E-state index contributed by atoms with van der Waals surface area (Å²) in [5.41, 5.74) is 0. The molecule has 0 aromatic rings. The minimum absolute atomic E-state index is 0.0536. The van der Waals surface area contributed by atoms with Crippen molar-refractivity contribution in [1.82, 2.24) is 0 Å². The zero-order valence-electron chi connectivity index (χ0n) is 17.2. The third-order valence-electron chi connectivity index (χ3n) is 5.42. The maximum Gasteiger partial charge on any atom is 0.182 e. The molecule has 0 unspecified atom stereocenters. The number of aliphatic hydroxyl groups excluding tert-OH is 2. The largest absolute Gasteiger partial charge is 0.347 e. The highest BCUT2D eigenvalue weighted by Gasteiger charge is 2.21. The van der Waals surface area contributed by atoms with E-state index in [1.807, 2.05) is 6.92 Å². The summed E-state index contributed by atoms with van der Waals surface area (Å²) in [6, 6.07) is 0. The molecule has 25 heavy (non-hydrogen) atoms. The second kappa shape index (κ2) is 18.4. The smallest absolute Gasteiger partial charge is 0.182 e. The second-order valence-electron chi connectivity index (χ2n) is 7.60. The average molecular weight is 357 g/mol. The molecule has 3 heteroatoms. The van der Waals surface area contributed by atoms with Crippen LogP contribution in [0.5, 0.6) is 0 Å². The highest BCUT2D eigenvalue weighted by Crippen LogP contribution is 2.12. The van der Waals surface area contributed by atoms with E-state index in [9.17, 15) is 10.2 Å². The molecular weight excluding hydrogens is 310 g/mol. The lowest BCUT2D eigenvalue weighted by Gasteiger charge is -2.33. The number of nitrogens with zero attached hydrogens (tertiary/aromatic N) is 1. The summed E-state index contributed by atoms with van der Waals surface area (Å²) in [6.07, 6.45) is 23.1. The zero-order valence-corrected chi connectivity index (χ0v) is 17.2. The summed E-state index contributed by atoms with van der Waals surface area (Å²) in [5, 5.41) is 18.8. The monoisotopic (exact) mass is 356 g/mol. The predicted molar refractivity (Wildman–Crippen MR) is 109 cm³/mol. The minimum atomic E-state index is 0.0536. The van der Waals surface area contributed by atoms with Crippen molar-refractivity contribution in [1.29, 1.82) is 0 Å². The Morgan fingerprint density at radius 3 is 1.48 bits per heavy atom. The van der Waals surface area contributed by atoms with E-state index < -0.39 is 0 Å². The van der Waals surface area contributed by atoms with Gasteiger partial charge in [0.15, 0.2) is 13.5 Å². The van der Waals surface area contributed by atoms with Gasteiger partial charge in [-0.15, -0.1) is 0 Å². The fourth-order valence-electron chi connectivity index (χ4n) is 3.24. The molecule has 2 N–H and O–H groups in total. The third kappa shape index (κ3) is 14.5. The normalized spacial score (nSPS) is 12.3. The van der Waals surface area contributed by atoms with E-state index in [4.69, 9.17) is 0 Å². The van der Waals surface area contributed by atoms with Gasteiger partial charge in [-0.25, -0.2) is 0 Å². The van der Waals surface area contributed by atoms with E-state index in [1.54, 1.807) is 0 Å². The summed E-state index contributed by atoms with van der Waals surface area (Å²) < 4.78 is 0.434. The van der Waals surface area contributed by atoms with Crippen molar-refractivity contribution in [2.45, 2.75) is 104 Å². The molecule has 0 radical (unpaired) electrons. The van der Waals surface area contributed by atoms with Gasteiger partial charge >= 0.3 is 0 Å². The summed E-state index contributed by atoms with van der Waals surface area (Å²) in [7, 11) is 0. The van der Waals surface area contributed by atoms with Gasteiger partial charge < -0.3 is 10.2 Å². The van der Waals surface area contributed by atoms with Gasteiger partial charge in [0, 0.05) is 0 Å². The molecule has 0 amide bonds. The Balaban J connectivity index is 3.32. The fourth-order valence-corrected chi connectivity index (χ4v) is 3.24. The number of aliphatic hydroxyl groups is 2. The number of hydrogen-bond donors (Lipinski definition) is 2. The van der Waals surface area contributed by atoms with Crippen LogP contribution < -0.4 is 0 Å². The Hall–Kier alpha value is -0.380. The number of hydrogen-bond acceptors (Lipinski definition) is 2. The molecule has 0 fully saturated rings. The summed E-state index contributed by atoms with van der Waals surface area (Å²) in [4.78, 5) is 0. The van der Waals surface area contributed by atoms with Crippen LogP contribution in [0.25, 0.3) is 0 Å². The van der Waals surface area contributed by atoms with Crippen LogP contribution in [-0.4, -0.2) is 41.2 Å². The molecule has 0 rings (SSSR count). The highest BCUT2D eigenvalue weighted by molar-refractivity contribution is 4.81. The molecule has 0 bridgehead atoms. The van der Waals surface area contributed by atoms with E-state index in [1.165, 1.54) is 83.5 Å². The number of rotatable bonds is 19. The number of unbranched alkanes of at least 4 members (excludes halogenated alkanes) is 12. The van der Waals surface area contributed by atoms with E-state index >= 15 is 0 Å². The molecule has 0 aromatic carbocycles. The van der Waals surface area contributed by atoms with Gasteiger partial charge in [0.1, 0.15) is 0 Å². The summed E-state index contributed by atoms with van der Waals surface area (Å²) >= 11 is 0. The van der Waals surface area contributed by atoms with Crippen LogP contribution in [0.1, 0.15) is 104 Å². The second-order valence-corrected chi connectivity index (χ2v) is 7.60. The van der Waals surface area contributed by atoms with Crippen molar-refractivity contribution in [3.05, 3.63) is 12.2 Å². The molecule has 150 valence electrons. The molecule has 0 atom stereocenters. The van der Waals surface area contributed by atoms with E-state index in [2.05, 4.69) is 19.1 Å². The van der Waals surface area contributed by atoms with Gasteiger partial charge in [-0.3, -0.25) is 4.48 Å². The lowest BCUT2D eigenvalue weighted by molar-refractivity contribution is -0.959. The lowest BCUT2D eigenvalue weighted by Crippen LogP contribution is -2.49. The van der Waals surface area contributed by atoms with E-state index in [0.29, 0.717) is 4.48 Å². The first kappa shape index (κ1) is 24.6. The van der Waals surface area contributed by atoms with Crippen LogP contribution in [0.3, 0.4) is 0 Å². The molecular formula is C22H46NO2+. The topological polar surface area (TPSA) is 40.5 Å². The lowest BCUT2D eigenvalue weighted by atomic mass is 10.1. The van der Waals surface area contributed by atoms with Crippen molar-refractivity contribution >= 4 is 0 Å². The van der Waals surface area contributed by atoms with E-state index in [-0.39, 0.29) is 13.5 Å². The summed E-state index contributed by atoms with van der Waals surface area (Å²) in [6.45, 7) is 6.11. The van der Waals surface area contributed by atoms with Crippen LogP contribution in [0, 0.1) is 0 Å². The Morgan fingerprint density at radius 1 is 0.600 bits per heavy atom. The van der Waals surface area contributed by atoms with Crippen molar-refractivity contribution < 1.29 is 14.7 Å². The number of allylic oxidation sites excluding steroid dienone is 2. The first-order chi connectivity index (χ1) is 12.2. The van der Waals surface area contributed by atoms with Gasteiger partial charge in [0.05, 0.1) is 13.1 Å². The van der Waals surface area contributed by atoms with Crippen molar-refractivity contribution in [2.75, 3.05) is 26.6 Å². The van der Waals surface area contributed by atoms with Crippen molar-refractivity contribution in [3.8, 4) is 0 Å². The number of quaternary nitrogens is 1. The maximum atomic E-state index is 9.41. The van der Waals surface area contributed by atoms with E-state index in [0.717, 1.165) is 19.5 Å². The minimum Gasteiger partial charge on any atom is -0.347 e. The Kier molecular flexibility index (Phi) is 18.1. The van der Waals surface area contributed by atoms with Gasteiger partial charge in [-0.05, 0) is 45.4 Å². The standard InChI is InChI=1S/C22H46NO2/c1-3-5-6-7-8-9-10-11-12-13-14-15-16-17-18-19-20-23(4-2,21-24)22-25/h11-12,24-25H,3-10,13-22H2,1-2H3/q+1/b12-11-. The third-order valence-corrected chi connectivity index (χ3v) is 5.42. The summed E-state index contributed by atoms with van der Waals surface area (Å²) in [5.74, 6) is 0. The molecule has 0 aromatic heterocycles. The van der Waals surface area contributed by atoms with Crippen LogP contribution in [-0.2, 0) is 0 Å². The van der Waals surface area contributed by atoms with Gasteiger partial charge in [-0.2, -0.15) is 0 Å². The first-order valence-corrected chi connectivity index (χ1v) is 11.0. The highest BCUT2D eigenvalue weighted by atomic mass is 16.3. The molecule has 0 aliphatic rings. The average Bonchev–Trinajstić information content (AvgIpc) is 2.65. The van der Waals surface area contributed by atoms with Crippen molar-refractivity contribution in [2.24, 2.45) is 0 Å². The first-order valence-electron chi connectivity index (χ1n) is 11.0.